The maximum absolute atomic E-state index is 10.3. The molecule has 0 aliphatic carbocycles. The van der Waals surface area contributed by atoms with Crippen LogP contribution in [0.25, 0.3) is 0 Å². The fraction of sp³-hybridized carbons (Fsp3) is 0.900. The third-order valence-electron chi connectivity index (χ3n) is 2.19. The number of nitrogens with two attached hydrogens (primary N) is 1. The van der Waals surface area contributed by atoms with Gasteiger partial charge in [0.1, 0.15) is 0 Å². The standard InChI is InChI=1S/C10H21NO2/c1-3-4-5-8(2)6-9(11)7-10(12)13/h8-9H,3-7,11H2,1-2H3,(H,12,13). The first-order valence-electron chi connectivity index (χ1n) is 5.03. The van der Waals surface area contributed by atoms with E-state index in [4.69, 9.17) is 10.8 Å². The van der Waals surface area contributed by atoms with Crippen molar-refractivity contribution in [1.29, 1.82) is 0 Å². The van der Waals surface area contributed by atoms with Gasteiger partial charge >= 0.3 is 5.97 Å². The second-order valence-electron chi connectivity index (χ2n) is 3.84. The number of rotatable bonds is 7. The number of carboxylic acids is 1. The minimum absolute atomic E-state index is 0.0937. The summed E-state index contributed by atoms with van der Waals surface area (Å²) in [5.74, 6) is -0.246. The van der Waals surface area contributed by atoms with Crippen LogP contribution in [-0.4, -0.2) is 17.1 Å². The number of carbonyl (C=O) groups is 1. The Morgan fingerprint density at radius 2 is 2.15 bits per heavy atom. The Labute approximate surface area is 80.3 Å². The van der Waals surface area contributed by atoms with Gasteiger partial charge in [0.25, 0.3) is 0 Å². The predicted molar refractivity (Wildman–Crippen MR) is 53.5 cm³/mol. The van der Waals surface area contributed by atoms with Crippen LogP contribution in [0.1, 0.15) is 46.0 Å². The molecule has 0 heterocycles. The van der Waals surface area contributed by atoms with Crippen LogP contribution in [0, 0.1) is 5.92 Å². The summed E-state index contributed by atoms with van der Waals surface area (Å²) in [6.45, 7) is 4.29. The molecule has 2 atom stereocenters. The molecule has 13 heavy (non-hydrogen) atoms. The maximum atomic E-state index is 10.3. The molecule has 0 aromatic heterocycles. The number of hydrogen-bond donors (Lipinski definition) is 2. The highest BCUT2D eigenvalue weighted by molar-refractivity contribution is 5.67. The molecule has 78 valence electrons. The molecule has 0 amide bonds. The Balaban J connectivity index is 3.52. The Morgan fingerprint density at radius 1 is 1.54 bits per heavy atom. The fourth-order valence-corrected chi connectivity index (χ4v) is 1.49. The molecule has 0 spiro atoms. The van der Waals surface area contributed by atoms with Gasteiger partial charge in [-0.05, 0) is 12.3 Å². The van der Waals surface area contributed by atoms with Crippen LogP contribution in [0.5, 0.6) is 0 Å². The van der Waals surface area contributed by atoms with Gasteiger partial charge in [-0.2, -0.15) is 0 Å². The summed E-state index contributed by atoms with van der Waals surface area (Å²) < 4.78 is 0. The van der Waals surface area contributed by atoms with E-state index in [-0.39, 0.29) is 12.5 Å². The Kier molecular flexibility index (Phi) is 6.59. The molecule has 0 aliphatic rings. The van der Waals surface area contributed by atoms with Crippen molar-refractivity contribution in [3.05, 3.63) is 0 Å². The largest absolute Gasteiger partial charge is 0.481 e. The molecule has 0 saturated heterocycles. The predicted octanol–water partition coefficient (Wildman–Crippen LogP) is 2.00. The van der Waals surface area contributed by atoms with Crippen LogP contribution in [0.4, 0.5) is 0 Å². The lowest BCUT2D eigenvalue weighted by molar-refractivity contribution is -0.137. The molecule has 0 rings (SSSR count). The lowest BCUT2D eigenvalue weighted by Gasteiger charge is -2.15. The molecule has 0 aromatic carbocycles. The lowest BCUT2D eigenvalue weighted by atomic mass is 9.95. The third-order valence-corrected chi connectivity index (χ3v) is 2.19. The van der Waals surface area contributed by atoms with Crippen molar-refractivity contribution < 1.29 is 9.90 Å². The monoisotopic (exact) mass is 187 g/mol. The molecular weight excluding hydrogens is 166 g/mol. The van der Waals surface area contributed by atoms with E-state index >= 15 is 0 Å². The van der Waals surface area contributed by atoms with Gasteiger partial charge in [0.2, 0.25) is 0 Å². The highest BCUT2D eigenvalue weighted by Gasteiger charge is 2.11. The molecule has 0 bridgehead atoms. The van der Waals surface area contributed by atoms with Crippen LogP contribution in [0.2, 0.25) is 0 Å². The summed E-state index contributed by atoms with van der Waals surface area (Å²) >= 11 is 0. The lowest BCUT2D eigenvalue weighted by Crippen LogP contribution is -2.25. The number of aliphatic carboxylic acids is 1. The topological polar surface area (TPSA) is 63.3 Å². The normalized spacial score (nSPS) is 15.3. The van der Waals surface area contributed by atoms with Gasteiger partial charge in [0.15, 0.2) is 0 Å². The summed E-state index contributed by atoms with van der Waals surface area (Å²) in [4.78, 5) is 10.3. The van der Waals surface area contributed by atoms with Crippen LogP contribution in [0.3, 0.4) is 0 Å². The first kappa shape index (κ1) is 12.4. The van der Waals surface area contributed by atoms with Crippen molar-refractivity contribution in [3.8, 4) is 0 Å². The van der Waals surface area contributed by atoms with Crippen LogP contribution >= 0.6 is 0 Å². The molecule has 3 N–H and O–H groups in total. The van der Waals surface area contributed by atoms with Crippen LogP contribution in [-0.2, 0) is 4.79 Å². The molecule has 0 aromatic rings. The van der Waals surface area contributed by atoms with E-state index in [0.717, 1.165) is 12.8 Å². The van der Waals surface area contributed by atoms with Crippen LogP contribution in [0.15, 0.2) is 0 Å². The molecule has 3 heteroatoms. The van der Waals surface area contributed by atoms with Crippen molar-refractivity contribution >= 4 is 5.97 Å². The van der Waals surface area contributed by atoms with E-state index in [2.05, 4.69) is 13.8 Å². The Morgan fingerprint density at radius 3 is 2.62 bits per heavy atom. The zero-order valence-electron chi connectivity index (χ0n) is 8.62. The summed E-state index contributed by atoms with van der Waals surface area (Å²) in [5, 5.41) is 8.49. The first-order chi connectivity index (χ1) is 6.06. The maximum Gasteiger partial charge on any atom is 0.304 e. The summed E-state index contributed by atoms with van der Waals surface area (Å²) in [5.41, 5.74) is 5.67. The zero-order chi connectivity index (χ0) is 10.3. The van der Waals surface area contributed by atoms with Gasteiger partial charge in [-0.25, -0.2) is 0 Å². The van der Waals surface area contributed by atoms with Gasteiger partial charge < -0.3 is 10.8 Å². The Hall–Kier alpha value is -0.570. The Bertz CT molecular complexity index is 148. The highest BCUT2D eigenvalue weighted by atomic mass is 16.4. The zero-order valence-corrected chi connectivity index (χ0v) is 8.62. The number of carboxylic acid groups (broad SMARTS) is 1. The average molecular weight is 187 g/mol. The average Bonchev–Trinajstić information content (AvgIpc) is 1.98. The summed E-state index contributed by atoms with van der Waals surface area (Å²) in [6.07, 6.45) is 4.48. The molecule has 0 radical (unpaired) electrons. The van der Waals surface area contributed by atoms with Crippen molar-refractivity contribution in [2.75, 3.05) is 0 Å². The van der Waals surface area contributed by atoms with E-state index < -0.39 is 5.97 Å². The molecule has 2 unspecified atom stereocenters. The minimum atomic E-state index is -0.796. The second-order valence-corrected chi connectivity index (χ2v) is 3.84. The van der Waals surface area contributed by atoms with Gasteiger partial charge in [-0.15, -0.1) is 0 Å². The van der Waals surface area contributed by atoms with Gasteiger partial charge in [-0.1, -0.05) is 33.1 Å². The van der Waals surface area contributed by atoms with Gasteiger partial charge in [-0.3, -0.25) is 4.79 Å². The van der Waals surface area contributed by atoms with Crippen molar-refractivity contribution in [2.45, 2.75) is 52.0 Å². The second kappa shape index (κ2) is 6.89. The van der Waals surface area contributed by atoms with Crippen molar-refractivity contribution in [1.82, 2.24) is 0 Å². The van der Waals surface area contributed by atoms with Gasteiger partial charge in [0.05, 0.1) is 6.42 Å². The van der Waals surface area contributed by atoms with E-state index in [1.807, 2.05) is 0 Å². The van der Waals surface area contributed by atoms with Crippen molar-refractivity contribution in [2.24, 2.45) is 11.7 Å². The van der Waals surface area contributed by atoms with Gasteiger partial charge in [0, 0.05) is 6.04 Å². The van der Waals surface area contributed by atoms with Crippen LogP contribution < -0.4 is 5.73 Å². The molecular formula is C10H21NO2. The quantitative estimate of drug-likeness (QED) is 0.640. The summed E-state index contributed by atoms with van der Waals surface area (Å²) in [6, 6.07) is -0.177. The highest BCUT2D eigenvalue weighted by Crippen LogP contribution is 2.14. The molecule has 3 nitrogen and oxygen atoms in total. The van der Waals surface area contributed by atoms with E-state index in [1.54, 1.807) is 0 Å². The minimum Gasteiger partial charge on any atom is -0.481 e. The third kappa shape index (κ3) is 7.78. The first-order valence-corrected chi connectivity index (χ1v) is 5.03. The SMILES string of the molecule is CCCCC(C)CC(N)CC(=O)O. The smallest absolute Gasteiger partial charge is 0.304 e. The molecule has 0 aliphatic heterocycles. The number of hydrogen-bond acceptors (Lipinski definition) is 2. The molecule has 0 fully saturated rings. The van der Waals surface area contributed by atoms with Crippen molar-refractivity contribution in [3.63, 3.8) is 0 Å². The number of unbranched alkanes of at least 4 members (excludes halogenated alkanes) is 1. The van der Waals surface area contributed by atoms with E-state index in [1.165, 1.54) is 12.8 Å². The summed E-state index contributed by atoms with van der Waals surface area (Å²) in [7, 11) is 0. The fourth-order valence-electron chi connectivity index (χ4n) is 1.49. The van der Waals surface area contributed by atoms with E-state index in [0.29, 0.717) is 5.92 Å². The van der Waals surface area contributed by atoms with E-state index in [9.17, 15) is 4.79 Å². The molecule has 0 saturated carbocycles.